The maximum absolute atomic E-state index is 13.0. The summed E-state index contributed by atoms with van der Waals surface area (Å²) < 4.78 is 37.0. The molecule has 0 heterocycles. The monoisotopic (exact) mass is 485 g/mol. The molecule has 0 saturated carbocycles. The summed E-state index contributed by atoms with van der Waals surface area (Å²) in [6, 6.07) is 17.9. The van der Waals surface area contributed by atoms with Crippen LogP contribution in [0, 0.1) is 10.1 Å². The van der Waals surface area contributed by atoms with Gasteiger partial charge in [0, 0.05) is 12.1 Å². The van der Waals surface area contributed by atoms with Crippen LogP contribution in [0.3, 0.4) is 0 Å². The third-order valence-corrected chi connectivity index (χ3v) is 6.05. The molecule has 0 aliphatic heterocycles. The Labute approximate surface area is 196 Å². The lowest BCUT2D eigenvalue weighted by atomic mass is 10.2. The summed E-state index contributed by atoms with van der Waals surface area (Å²) in [5.41, 5.74) is 0.0444. The molecule has 10 nitrogen and oxygen atoms in total. The number of nitro benzene ring substituents is 1. The van der Waals surface area contributed by atoms with Crippen molar-refractivity contribution < 1.29 is 27.6 Å². The van der Waals surface area contributed by atoms with E-state index in [1.54, 1.807) is 24.3 Å². The Hall–Kier alpha value is -4.12. The van der Waals surface area contributed by atoms with Crippen molar-refractivity contribution in [2.75, 3.05) is 23.0 Å². The van der Waals surface area contributed by atoms with E-state index in [1.165, 1.54) is 38.3 Å². The van der Waals surface area contributed by atoms with Crippen molar-refractivity contribution in [1.82, 2.24) is 0 Å². The van der Waals surface area contributed by atoms with Gasteiger partial charge in [-0.05, 0) is 49.4 Å². The number of amides is 1. The van der Waals surface area contributed by atoms with Crippen LogP contribution in [0.1, 0.15) is 6.92 Å². The first kappa shape index (κ1) is 24.5. The number of para-hydroxylation sites is 1. The molecule has 0 aromatic heterocycles. The van der Waals surface area contributed by atoms with Crippen LogP contribution >= 0.6 is 0 Å². The number of hydrogen-bond donors (Lipinski definition) is 1. The molecule has 0 saturated heterocycles. The Bertz CT molecular complexity index is 1280. The van der Waals surface area contributed by atoms with Crippen LogP contribution in [0.5, 0.6) is 17.2 Å². The number of nitrogens with one attached hydrogen (secondary N) is 1. The first-order chi connectivity index (χ1) is 16.1. The topological polar surface area (TPSA) is 128 Å². The first-order valence-corrected chi connectivity index (χ1v) is 11.9. The number of methoxy groups -OCH3 is 1. The zero-order chi connectivity index (χ0) is 24.9. The predicted octanol–water partition coefficient (Wildman–Crippen LogP) is 4.19. The highest BCUT2D eigenvalue weighted by molar-refractivity contribution is 7.92. The van der Waals surface area contributed by atoms with E-state index in [1.807, 2.05) is 18.2 Å². The molecule has 34 heavy (non-hydrogen) atoms. The van der Waals surface area contributed by atoms with Gasteiger partial charge in [-0.1, -0.05) is 18.2 Å². The van der Waals surface area contributed by atoms with Crippen LogP contribution in [-0.2, 0) is 14.8 Å². The Morgan fingerprint density at radius 1 is 1.03 bits per heavy atom. The van der Waals surface area contributed by atoms with Gasteiger partial charge in [-0.2, -0.15) is 0 Å². The highest BCUT2D eigenvalue weighted by Gasteiger charge is 2.30. The summed E-state index contributed by atoms with van der Waals surface area (Å²) in [5, 5.41) is 13.6. The minimum atomic E-state index is -3.87. The summed E-state index contributed by atoms with van der Waals surface area (Å²) in [6.45, 7) is 1.41. The number of hydrogen-bond acceptors (Lipinski definition) is 7. The lowest BCUT2D eigenvalue weighted by molar-refractivity contribution is -0.384. The first-order valence-electron chi connectivity index (χ1n) is 10.1. The lowest BCUT2D eigenvalue weighted by Crippen LogP contribution is -2.45. The van der Waals surface area contributed by atoms with Crippen molar-refractivity contribution in [3.8, 4) is 17.2 Å². The molecule has 1 atom stereocenters. The second-order valence-corrected chi connectivity index (χ2v) is 9.13. The summed E-state index contributed by atoms with van der Waals surface area (Å²) in [6.07, 6.45) is 0.985. The molecule has 1 N–H and O–H groups in total. The number of sulfonamides is 1. The van der Waals surface area contributed by atoms with Gasteiger partial charge in [-0.15, -0.1) is 0 Å². The van der Waals surface area contributed by atoms with E-state index in [0.29, 0.717) is 11.5 Å². The van der Waals surface area contributed by atoms with Crippen molar-refractivity contribution in [3.05, 3.63) is 82.9 Å². The van der Waals surface area contributed by atoms with Crippen molar-refractivity contribution in [3.63, 3.8) is 0 Å². The Morgan fingerprint density at radius 2 is 1.65 bits per heavy atom. The van der Waals surface area contributed by atoms with Crippen LogP contribution in [-0.4, -0.2) is 38.7 Å². The third kappa shape index (κ3) is 5.81. The number of nitro groups is 1. The highest BCUT2D eigenvalue weighted by Crippen LogP contribution is 2.30. The van der Waals surface area contributed by atoms with Crippen molar-refractivity contribution in [2.45, 2.75) is 13.0 Å². The molecule has 0 fully saturated rings. The van der Waals surface area contributed by atoms with E-state index in [2.05, 4.69) is 5.32 Å². The number of carbonyl (C=O) groups is 1. The van der Waals surface area contributed by atoms with Gasteiger partial charge in [0.25, 0.3) is 5.69 Å². The zero-order valence-corrected chi connectivity index (χ0v) is 19.5. The molecule has 3 aromatic rings. The number of benzene rings is 3. The highest BCUT2D eigenvalue weighted by atomic mass is 32.2. The Balaban J connectivity index is 1.85. The largest absolute Gasteiger partial charge is 0.495 e. The van der Waals surface area contributed by atoms with Gasteiger partial charge in [0.1, 0.15) is 23.3 Å². The molecule has 11 heteroatoms. The van der Waals surface area contributed by atoms with Crippen molar-refractivity contribution in [1.29, 1.82) is 0 Å². The molecule has 0 aliphatic rings. The fourth-order valence-electron chi connectivity index (χ4n) is 3.24. The Kier molecular flexibility index (Phi) is 7.37. The van der Waals surface area contributed by atoms with Gasteiger partial charge >= 0.3 is 0 Å². The lowest BCUT2D eigenvalue weighted by Gasteiger charge is -2.28. The SMILES string of the molecule is COc1ccc([N+](=O)[O-])cc1NC(=O)[C@@H](C)N(c1ccc(Oc2ccccc2)cc1)S(C)(=O)=O. The van der Waals surface area contributed by atoms with E-state index in [0.717, 1.165) is 16.6 Å². The number of rotatable bonds is 9. The number of non-ortho nitro benzene ring substituents is 1. The average molecular weight is 486 g/mol. The van der Waals surface area contributed by atoms with E-state index in [-0.39, 0.29) is 22.8 Å². The maximum atomic E-state index is 13.0. The van der Waals surface area contributed by atoms with Gasteiger partial charge in [-0.3, -0.25) is 19.2 Å². The smallest absolute Gasteiger partial charge is 0.271 e. The van der Waals surface area contributed by atoms with E-state index in [4.69, 9.17) is 9.47 Å². The number of ether oxygens (including phenoxy) is 2. The number of carbonyl (C=O) groups excluding carboxylic acids is 1. The molecule has 0 radical (unpaired) electrons. The summed E-state index contributed by atoms with van der Waals surface area (Å²) in [7, 11) is -2.52. The normalized spacial score (nSPS) is 11.9. The molecular formula is C23H23N3O7S. The summed E-state index contributed by atoms with van der Waals surface area (Å²) >= 11 is 0. The fourth-order valence-corrected chi connectivity index (χ4v) is 4.41. The average Bonchev–Trinajstić information content (AvgIpc) is 2.80. The van der Waals surface area contributed by atoms with Crippen molar-refractivity contribution in [2.24, 2.45) is 0 Å². The van der Waals surface area contributed by atoms with Gasteiger partial charge in [-0.25, -0.2) is 8.42 Å². The minimum Gasteiger partial charge on any atom is -0.495 e. The molecule has 0 unspecified atom stereocenters. The van der Waals surface area contributed by atoms with Crippen LogP contribution in [0.2, 0.25) is 0 Å². The fraction of sp³-hybridized carbons (Fsp3) is 0.174. The number of anilines is 2. The zero-order valence-electron chi connectivity index (χ0n) is 18.7. The maximum Gasteiger partial charge on any atom is 0.271 e. The van der Waals surface area contributed by atoms with Gasteiger partial charge in [0.05, 0.1) is 29.7 Å². The molecule has 0 spiro atoms. The standard InChI is InChI=1S/C23H23N3O7S/c1-16(23(27)24-21-15-18(26(28)29)11-14-22(21)32-2)25(34(3,30)31)17-9-12-20(13-10-17)33-19-7-5-4-6-8-19/h4-16H,1-3H3,(H,24,27)/t16-/m1/s1. The van der Waals surface area contributed by atoms with Crippen LogP contribution in [0.15, 0.2) is 72.8 Å². The second-order valence-electron chi connectivity index (χ2n) is 7.27. The van der Waals surface area contributed by atoms with Gasteiger partial charge < -0.3 is 14.8 Å². The van der Waals surface area contributed by atoms with Crippen molar-refractivity contribution >= 4 is 33.0 Å². The second kappa shape index (κ2) is 10.2. The molecule has 0 aliphatic carbocycles. The summed E-state index contributed by atoms with van der Waals surface area (Å²) in [5.74, 6) is 0.601. The molecular weight excluding hydrogens is 462 g/mol. The van der Waals surface area contributed by atoms with Gasteiger partial charge in [0.2, 0.25) is 15.9 Å². The van der Waals surface area contributed by atoms with E-state index in [9.17, 15) is 23.3 Å². The van der Waals surface area contributed by atoms with Crippen LogP contribution in [0.25, 0.3) is 0 Å². The third-order valence-electron chi connectivity index (χ3n) is 4.81. The quantitative estimate of drug-likeness (QED) is 0.355. The van der Waals surface area contributed by atoms with E-state index >= 15 is 0 Å². The van der Waals surface area contributed by atoms with Crippen LogP contribution in [0.4, 0.5) is 17.1 Å². The predicted molar refractivity (Wildman–Crippen MR) is 128 cm³/mol. The summed E-state index contributed by atoms with van der Waals surface area (Å²) in [4.78, 5) is 23.4. The Morgan fingerprint density at radius 3 is 2.21 bits per heavy atom. The number of nitrogens with zero attached hydrogens (tertiary/aromatic N) is 2. The molecule has 3 rings (SSSR count). The van der Waals surface area contributed by atoms with E-state index < -0.39 is 26.9 Å². The molecule has 3 aromatic carbocycles. The molecule has 1 amide bonds. The minimum absolute atomic E-state index is 0.0496. The van der Waals surface area contributed by atoms with Crippen LogP contribution < -0.4 is 19.1 Å². The van der Waals surface area contributed by atoms with Gasteiger partial charge in [0.15, 0.2) is 0 Å². The molecule has 178 valence electrons. The molecule has 0 bridgehead atoms.